The first-order valence-corrected chi connectivity index (χ1v) is 16.2. The molecule has 0 heterocycles. The molecule has 0 aliphatic carbocycles. The summed E-state index contributed by atoms with van der Waals surface area (Å²) in [6.07, 6.45) is 6.22. The predicted octanol–water partition coefficient (Wildman–Crippen LogP) is 6.80. The second kappa shape index (κ2) is 10.7. The van der Waals surface area contributed by atoms with Crippen molar-refractivity contribution in [2.75, 3.05) is 0 Å². The van der Waals surface area contributed by atoms with Gasteiger partial charge in [0, 0.05) is 16.8 Å². The van der Waals surface area contributed by atoms with Crippen molar-refractivity contribution in [1.82, 2.24) is 0 Å². The van der Waals surface area contributed by atoms with E-state index in [-0.39, 0.29) is 0 Å². The molecule has 0 unspecified atom stereocenters. The lowest BCUT2D eigenvalue weighted by atomic mass is 10.2. The Morgan fingerprint density at radius 2 is 0.722 bits per heavy atom. The summed E-state index contributed by atoms with van der Waals surface area (Å²) >= 11 is 0. The summed E-state index contributed by atoms with van der Waals surface area (Å²) in [6.45, 7) is -1.85. The van der Waals surface area contributed by atoms with Crippen molar-refractivity contribution in [3.8, 4) is 0 Å². The molecule has 0 aromatic heterocycles. The standard InChI is InChI=1S/C33H30OP2/c1-35(30-14-6-2-7-15-30,31-16-8-3-9-17-31)26-28-22-24-29(25-23-28)27-36(34,32-18-10-4-11-19-32)33-20-12-5-13-21-33/h2-25H,1,26-27H2. The quantitative estimate of drug-likeness (QED) is 0.212. The first kappa shape index (κ1) is 24.3. The van der Waals surface area contributed by atoms with Crippen LogP contribution in [0.1, 0.15) is 11.1 Å². The highest BCUT2D eigenvalue weighted by molar-refractivity contribution is 7.86. The lowest BCUT2D eigenvalue weighted by Gasteiger charge is -2.26. The first-order chi connectivity index (χ1) is 17.6. The number of rotatable bonds is 8. The molecule has 0 bridgehead atoms. The maximum absolute atomic E-state index is 14.5. The van der Waals surface area contributed by atoms with Crippen LogP contribution >= 0.6 is 14.0 Å². The van der Waals surface area contributed by atoms with Crippen molar-refractivity contribution in [2.45, 2.75) is 12.3 Å². The largest absolute Gasteiger partial charge is 0.313 e. The van der Waals surface area contributed by atoms with E-state index in [9.17, 15) is 4.57 Å². The van der Waals surface area contributed by atoms with Crippen LogP contribution in [0.15, 0.2) is 146 Å². The third-order valence-electron chi connectivity index (χ3n) is 6.73. The van der Waals surface area contributed by atoms with Crippen LogP contribution in [0.4, 0.5) is 0 Å². The summed E-state index contributed by atoms with van der Waals surface area (Å²) in [4.78, 5) is 0. The third kappa shape index (κ3) is 5.10. The molecule has 0 saturated carbocycles. The van der Waals surface area contributed by atoms with Crippen LogP contribution in [-0.4, -0.2) is 6.30 Å². The van der Waals surface area contributed by atoms with Crippen molar-refractivity contribution >= 4 is 41.5 Å². The van der Waals surface area contributed by atoms with Crippen molar-refractivity contribution in [3.05, 3.63) is 157 Å². The van der Waals surface area contributed by atoms with Gasteiger partial charge in [-0.15, -0.1) is 0 Å². The monoisotopic (exact) mass is 504 g/mol. The zero-order valence-electron chi connectivity index (χ0n) is 20.3. The Kier molecular flexibility index (Phi) is 7.24. The summed E-state index contributed by atoms with van der Waals surface area (Å²) in [5.74, 6) is 0. The van der Waals surface area contributed by atoms with E-state index in [0.29, 0.717) is 6.16 Å². The molecule has 0 aliphatic heterocycles. The number of hydrogen-bond donors (Lipinski definition) is 0. The Bertz CT molecular complexity index is 1290. The molecule has 178 valence electrons. The molecule has 0 spiro atoms. The van der Waals surface area contributed by atoms with Gasteiger partial charge in [0.15, 0.2) is 0 Å². The van der Waals surface area contributed by atoms with Gasteiger partial charge in [-0.05, 0) is 27.9 Å². The van der Waals surface area contributed by atoms with Crippen molar-refractivity contribution in [2.24, 2.45) is 0 Å². The van der Waals surface area contributed by atoms with E-state index in [4.69, 9.17) is 6.30 Å². The molecule has 0 amide bonds. The molecular weight excluding hydrogens is 474 g/mol. The van der Waals surface area contributed by atoms with Gasteiger partial charge in [-0.2, -0.15) is 0 Å². The predicted molar refractivity (Wildman–Crippen MR) is 160 cm³/mol. The van der Waals surface area contributed by atoms with E-state index in [0.717, 1.165) is 22.3 Å². The Morgan fingerprint density at radius 3 is 1.08 bits per heavy atom. The van der Waals surface area contributed by atoms with Crippen LogP contribution in [0.2, 0.25) is 0 Å². The maximum Gasteiger partial charge on any atom is 0.147 e. The average Bonchev–Trinajstić information content (AvgIpc) is 2.96. The molecule has 0 saturated heterocycles. The maximum atomic E-state index is 14.5. The molecule has 3 heteroatoms. The average molecular weight is 505 g/mol. The highest BCUT2D eigenvalue weighted by Gasteiger charge is 2.27. The second-order valence-electron chi connectivity index (χ2n) is 9.18. The minimum atomic E-state index is -2.80. The summed E-state index contributed by atoms with van der Waals surface area (Å²) in [6, 6.07) is 49.8. The lowest BCUT2D eigenvalue weighted by molar-refractivity contribution is 0.586. The lowest BCUT2D eigenvalue weighted by Crippen LogP contribution is -2.18. The van der Waals surface area contributed by atoms with Crippen LogP contribution in [0.25, 0.3) is 0 Å². The molecule has 0 fully saturated rings. The molecule has 5 aromatic carbocycles. The zero-order valence-corrected chi connectivity index (χ0v) is 22.1. The van der Waals surface area contributed by atoms with Crippen LogP contribution in [0.3, 0.4) is 0 Å². The third-order valence-corrected chi connectivity index (χ3v) is 13.3. The van der Waals surface area contributed by atoms with Gasteiger partial charge in [0.2, 0.25) is 0 Å². The molecule has 0 N–H and O–H groups in total. The van der Waals surface area contributed by atoms with E-state index in [2.05, 4.69) is 84.9 Å². The number of benzene rings is 5. The van der Waals surface area contributed by atoms with Gasteiger partial charge in [-0.3, -0.25) is 0 Å². The molecule has 5 aromatic rings. The Labute approximate surface area is 214 Å². The fourth-order valence-electron chi connectivity index (χ4n) is 4.75. The fraction of sp³-hybridized carbons (Fsp3) is 0.0606. The molecule has 5 rings (SSSR count). The van der Waals surface area contributed by atoms with E-state index in [1.54, 1.807) is 0 Å². The highest BCUT2D eigenvalue weighted by Crippen LogP contribution is 2.48. The second-order valence-corrected chi connectivity index (χ2v) is 15.3. The minimum absolute atomic E-state index is 0.503. The molecular formula is C33H30OP2. The topological polar surface area (TPSA) is 17.1 Å². The Balaban J connectivity index is 1.46. The molecule has 36 heavy (non-hydrogen) atoms. The van der Waals surface area contributed by atoms with E-state index >= 15 is 0 Å². The zero-order chi connectivity index (χ0) is 24.8. The Morgan fingerprint density at radius 1 is 0.417 bits per heavy atom. The van der Waals surface area contributed by atoms with Crippen LogP contribution in [0, 0.1) is 0 Å². The summed E-state index contributed by atoms with van der Waals surface area (Å²) in [5, 5.41) is 4.41. The first-order valence-electron chi connectivity index (χ1n) is 12.2. The van der Waals surface area contributed by atoms with Gasteiger partial charge >= 0.3 is 0 Å². The van der Waals surface area contributed by atoms with Gasteiger partial charge in [-0.1, -0.05) is 159 Å². The molecule has 0 atom stereocenters. The van der Waals surface area contributed by atoms with Crippen molar-refractivity contribution in [1.29, 1.82) is 0 Å². The summed E-state index contributed by atoms with van der Waals surface area (Å²) in [5.41, 5.74) is 2.34. The number of hydrogen-bond acceptors (Lipinski definition) is 1. The van der Waals surface area contributed by atoms with Crippen molar-refractivity contribution in [3.63, 3.8) is 0 Å². The van der Waals surface area contributed by atoms with Crippen LogP contribution in [0.5, 0.6) is 0 Å². The normalized spacial score (nSPS) is 11.8. The van der Waals surface area contributed by atoms with Crippen LogP contribution < -0.4 is 21.2 Å². The SMILES string of the molecule is C=P(Cc1ccc(CP(=O)(c2ccccc2)c2ccccc2)cc1)(c1ccccc1)c1ccccc1. The fourth-order valence-corrected chi connectivity index (χ4v) is 10.4. The minimum Gasteiger partial charge on any atom is -0.313 e. The van der Waals surface area contributed by atoms with E-state index < -0.39 is 14.0 Å². The van der Waals surface area contributed by atoms with Gasteiger partial charge in [0.25, 0.3) is 0 Å². The molecule has 0 radical (unpaired) electrons. The van der Waals surface area contributed by atoms with E-state index in [1.165, 1.54) is 16.2 Å². The molecule has 1 nitrogen and oxygen atoms in total. The Hall–Kier alpha value is -3.37. The highest BCUT2D eigenvalue weighted by atomic mass is 31.2. The summed E-state index contributed by atoms with van der Waals surface area (Å²) in [7, 11) is -2.80. The van der Waals surface area contributed by atoms with Gasteiger partial charge < -0.3 is 4.57 Å². The van der Waals surface area contributed by atoms with Gasteiger partial charge in [0.05, 0.1) is 0 Å². The van der Waals surface area contributed by atoms with Gasteiger partial charge in [0.1, 0.15) is 7.14 Å². The van der Waals surface area contributed by atoms with Crippen molar-refractivity contribution < 1.29 is 4.57 Å². The smallest absolute Gasteiger partial charge is 0.147 e. The molecule has 0 aliphatic rings. The van der Waals surface area contributed by atoms with E-state index in [1.807, 2.05) is 60.7 Å². The summed E-state index contributed by atoms with van der Waals surface area (Å²) < 4.78 is 14.5. The van der Waals surface area contributed by atoms with Crippen LogP contribution in [-0.2, 0) is 16.9 Å². The van der Waals surface area contributed by atoms with Gasteiger partial charge in [-0.25, -0.2) is 0 Å².